The molecule has 2 aromatic rings. The maximum absolute atomic E-state index is 10.4. The van der Waals surface area contributed by atoms with Crippen LogP contribution >= 0.6 is 0 Å². The Hall–Kier alpha value is -2.96. The molecule has 31 heavy (non-hydrogen) atoms. The van der Waals surface area contributed by atoms with Gasteiger partial charge in [0.25, 0.3) is 0 Å². The summed E-state index contributed by atoms with van der Waals surface area (Å²) in [5, 5.41) is 20.7. The highest BCUT2D eigenvalue weighted by Gasteiger charge is 2.24. The lowest BCUT2D eigenvalue weighted by Gasteiger charge is -2.23. The summed E-state index contributed by atoms with van der Waals surface area (Å²) in [7, 11) is 0. The normalized spacial score (nSPS) is 11.4. The Kier molecular flexibility index (Phi) is 8.14. The molecule has 7 nitrogen and oxygen atoms in total. The van der Waals surface area contributed by atoms with Crippen molar-refractivity contribution in [3.8, 4) is 46.0 Å². The molecule has 0 bridgehead atoms. The molecule has 0 aliphatic heterocycles. The minimum atomic E-state index is -0.190. The zero-order chi connectivity index (χ0) is 23.3. The summed E-state index contributed by atoms with van der Waals surface area (Å²) in [5.41, 5.74) is 0. The Labute approximate surface area is 184 Å². The number of phenolic OH excluding ortho intramolecular Hbond substituents is 2. The molecule has 0 saturated carbocycles. The van der Waals surface area contributed by atoms with Crippen molar-refractivity contribution in [1.29, 1.82) is 0 Å². The first-order valence-electron chi connectivity index (χ1n) is 10.6. The molecule has 0 radical (unpaired) electrons. The van der Waals surface area contributed by atoms with E-state index in [1.807, 2.05) is 55.4 Å². The van der Waals surface area contributed by atoms with Crippen molar-refractivity contribution in [3.05, 3.63) is 24.3 Å². The minimum Gasteiger partial charge on any atom is -0.504 e. The zero-order valence-corrected chi connectivity index (χ0v) is 19.6. The van der Waals surface area contributed by atoms with Crippen LogP contribution in [0.1, 0.15) is 55.4 Å². The maximum atomic E-state index is 10.4. The molecule has 0 atom stereocenters. The van der Waals surface area contributed by atoms with Gasteiger partial charge < -0.3 is 33.9 Å². The molecular formula is C24H34O7. The molecule has 0 aromatic heterocycles. The van der Waals surface area contributed by atoms with Crippen molar-refractivity contribution >= 4 is 0 Å². The Bertz CT molecular complexity index is 801. The zero-order valence-electron chi connectivity index (χ0n) is 19.6. The minimum absolute atomic E-state index is 0.0510. The highest BCUT2D eigenvalue weighted by atomic mass is 16.6. The van der Waals surface area contributed by atoms with Gasteiger partial charge in [0.15, 0.2) is 23.0 Å². The Balaban J connectivity index is 2.61. The molecule has 0 amide bonds. The Morgan fingerprint density at radius 1 is 0.484 bits per heavy atom. The molecule has 0 unspecified atom stereocenters. The van der Waals surface area contributed by atoms with E-state index in [9.17, 15) is 10.2 Å². The standard InChI is InChI=1S/C24H34O7/c1-13(2)27-21-17(25)9-11-19(23(21)29-15(5)6)31-20-12-10-18(26)22(28-14(3)4)24(20)30-16(7)8/h9-16,25-26H,1-8H3. The average Bonchev–Trinajstić information content (AvgIpc) is 2.64. The van der Waals surface area contributed by atoms with E-state index in [-0.39, 0.29) is 58.9 Å². The van der Waals surface area contributed by atoms with Crippen LogP contribution in [-0.4, -0.2) is 34.6 Å². The van der Waals surface area contributed by atoms with Crippen LogP contribution in [0.25, 0.3) is 0 Å². The highest BCUT2D eigenvalue weighted by Crippen LogP contribution is 2.50. The molecule has 0 spiro atoms. The van der Waals surface area contributed by atoms with E-state index in [4.69, 9.17) is 23.7 Å². The molecule has 2 N–H and O–H groups in total. The first-order chi connectivity index (χ1) is 14.5. The average molecular weight is 435 g/mol. The SMILES string of the molecule is CC(C)Oc1c(O)ccc(Oc2ccc(O)c(OC(C)C)c2OC(C)C)c1OC(C)C. The van der Waals surface area contributed by atoms with E-state index >= 15 is 0 Å². The number of hydrogen-bond acceptors (Lipinski definition) is 7. The van der Waals surface area contributed by atoms with Crippen molar-refractivity contribution in [2.24, 2.45) is 0 Å². The van der Waals surface area contributed by atoms with E-state index < -0.39 is 0 Å². The van der Waals surface area contributed by atoms with E-state index in [0.717, 1.165) is 0 Å². The summed E-state index contributed by atoms with van der Waals surface area (Å²) in [6.07, 6.45) is -0.750. The van der Waals surface area contributed by atoms with Gasteiger partial charge in [-0.3, -0.25) is 0 Å². The van der Waals surface area contributed by atoms with Crippen molar-refractivity contribution in [2.45, 2.75) is 79.8 Å². The summed E-state index contributed by atoms with van der Waals surface area (Å²) in [4.78, 5) is 0. The third kappa shape index (κ3) is 6.51. The number of benzene rings is 2. The van der Waals surface area contributed by atoms with Crippen LogP contribution in [-0.2, 0) is 0 Å². The number of phenols is 2. The highest BCUT2D eigenvalue weighted by molar-refractivity contribution is 5.63. The lowest BCUT2D eigenvalue weighted by molar-refractivity contribution is 0.181. The predicted octanol–water partition coefficient (Wildman–Crippen LogP) is 6.04. The van der Waals surface area contributed by atoms with Gasteiger partial charge in [0, 0.05) is 0 Å². The summed E-state index contributed by atoms with van der Waals surface area (Å²) >= 11 is 0. The molecular weight excluding hydrogens is 400 g/mol. The lowest BCUT2D eigenvalue weighted by atomic mass is 10.2. The number of ether oxygens (including phenoxy) is 5. The van der Waals surface area contributed by atoms with Crippen molar-refractivity contribution in [3.63, 3.8) is 0 Å². The van der Waals surface area contributed by atoms with Gasteiger partial charge in [-0.1, -0.05) is 0 Å². The Morgan fingerprint density at radius 2 is 0.774 bits per heavy atom. The summed E-state index contributed by atoms with van der Waals surface area (Å²) < 4.78 is 29.6. The van der Waals surface area contributed by atoms with E-state index in [2.05, 4.69) is 0 Å². The molecule has 2 aromatic carbocycles. The molecule has 0 saturated heterocycles. The fourth-order valence-corrected chi connectivity index (χ4v) is 2.74. The van der Waals surface area contributed by atoms with E-state index in [1.54, 1.807) is 12.1 Å². The second kappa shape index (κ2) is 10.4. The van der Waals surface area contributed by atoms with Crippen LogP contribution in [0, 0.1) is 0 Å². The third-order valence-electron chi connectivity index (χ3n) is 3.74. The predicted molar refractivity (Wildman–Crippen MR) is 119 cm³/mol. The Morgan fingerprint density at radius 3 is 1.06 bits per heavy atom. The van der Waals surface area contributed by atoms with Crippen LogP contribution in [0.2, 0.25) is 0 Å². The monoisotopic (exact) mass is 434 g/mol. The fraction of sp³-hybridized carbons (Fsp3) is 0.500. The van der Waals surface area contributed by atoms with Gasteiger partial charge >= 0.3 is 0 Å². The molecule has 172 valence electrons. The van der Waals surface area contributed by atoms with Crippen LogP contribution in [0.4, 0.5) is 0 Å². The first-order valence-corrected chi connectivity index (χ1v) is 10.6. The summed E-state index contributed by atoms with van der Waals surface area (Å²) in [5.74, 6) is 1.51. The fourth-order valence-electron chi connectivity index (χ4n) is 2.74. The summed E-state index contributed by atoms with van der Waals surface area (Å²) in [6, 6.07) is 6.15. The van der Waals surface area contributed by atoms with Crippen LogP contribution < -0.4 is 23.7 Å². The largest absolute Gasteiger partial charge is 0.504 e. The molecule has 7 heteroatoms. The van der Waals surface area contributed by atoms with Crippen molar-refractivity contribution < 1.29 is 33.9 Å². The van der Waals surface area contributed by atoms with E-state index in [0.29, 0.717) is 11.5 Å². The van der Waals surface area contributed by atoms with Gasteiger partial charge in [-0.15, -0.1) is 0 Å². The van der Waals surface area contributed by atoms with Gasteiger partial charge in [-0.25, -0.2) is 0 Å². The molecule has 0 fully saturated rings. The van der Waals surface area contributed by atoms with E-state index in [1.165, 1.54) is 12.1 Å². The molecule has 0 heterocycles. The first kappa shape index (κ1) is 24.3. The van der Waals surface area contributed by atoms with Crippen molar-refractivity contribution in [2.75, 3.05) is 0 Å². The second-order valence-electron chi connectivity index (χ2n) is 8.25. The quantitative estimate of drug-likeness (QED) is 0.471. The van der Waals surface area contributed by atoms with Crippen LogP contribution in [0.15, 0.2) is 24.3 Å². The van der Waals surface area contributed by atoms with Crippen LogP contribution in [0.5, 0.6) is 46.0 Å². The smallest absolute Gasteiger partial charge is 0.208 e. The molecule has 2 rings (SSSR count). The topological polar surface area (TPSA) is 86.6 Å². The maximum Gasteiger partial charge on any atom is 0.208 e. The van der Waals surface area contributed by atoms with Gasteiger partial charge in [0.05, 0.1) is 24.4 Å². The van der Waals surface area contributed by atoms with Gasteiger partial charge in [-0.2, -0.15) is 0 Å². The number of hydrogen-bond donors (Lipinski definition) is 2. The molecule has 0 aliphatic carbocycles. The van der Waals surface area contributed by atoms with Crippen molar-refractivity contribution in [1.82, 2.24) is 0 Å². The second-order valence-corrected chi connectivity index (χ2v) is 8.25. The van der Waals surface area contributed by atoms with Gasteiger partial charge in [0.2, 0.25) is 23.0 Å². The number of aromatic hydroxyl groups is 2. The molecule has 0 aliphatic rings. The number of rotatable bonds is 10. The third-order valence-corrected chi connectivity index (χ3v) is 3.74. The van der Waals surface area contributed by atoms with Gasteiger partial charge in [0.1, 0.15) is 0 Å². The lowest BCUT2D eigenvalue weighted by Crippen LogP contribution is -2.13. The van der Waals surface area contributed by atoms with Gasteiger partial charge in [-0.05, 0) is 79.7 Å². The summed E-state index contributed by atoms with van der Waals surface area (Å²) in [6.45, 7) is 14.9. The van der Waals surface area contributed by atoms with Crippen LogP contribution in [0.3, 0.4) is 0 Å².